The monoisotopic (exact) mass is 377 g/mol. The van der Waals surface area contributed by atoms with Crippen molar-refractivity contribution >= 4 is 5.91 Å². The van der Waals surface area contributed by atoms with Crippen LogP contribution in [0.25, 0.3) is 5.69 Å². The van der Waals surface area contributed by atoms with Crippen molar-refractivity contribution in [1.29, 1.82) is 0 Å². The summed E-state index contributed by atoms with van der Waals surface area (Å²) in [7, 11) is 0. The number of para-hydroxylation sites is 1. The maximum Gasteiger partial charge on any atom is 0.274 e. The molecule has 0 N–H and O–H groups in total. The maximum atomic E-state index is 13.6. The summed E-state index contributed by atoms with van der Waals surface area (Å²) in [5, 5.41) is 4.98. The Bertz CT molecular complexity index is 905. The molecule has 1 saturated carbocycles. The van der Waals surface area contributed by atoms with Gasteiger partial charge in [-0.3, -0.25) is 4.79 Å². The lowest BCUT2D eigenvalue weighted by Crippen LogP contribution is -2.34. The van der Waals surface area contributed by atoms with Crippen molar-refractivity contribution in [3.63, 3.8) is 0 Å². The van der Waals surface area contributed by atoms with Gasteiger partial charge < -0.3 is 4.90 Å². The molecule has 1 aliphatic heterocycles. The fraction of sp³-hybridized carbons (Fsp3) is 0.583. The fourth-order valence-electron chi connectivity index (χ4n) is 6.06. The molecule has 0 spiro atoms. The van der Waals surface area contributed by atoms with Gasteiger partial charge in [0.15, 0.2) is 5.69 Å². The highest BCUT2D eigenvalue weighted by molar-refractivity contribution is 5.95. The summed E-state index contributed by atoms with van der Waals surface area (Å²) in [6.07, 6.45) is 7.02. The number of hydrogen-bond acceptors (Lipinski definition) is 2. The summed E-state index contributed by atoms with van der Waals surface area (Å²) in [4.78, 5) is 15.7. The second kappa shape index (κ2) is 6.20. The minimum Gasteiger partial charge on any atom is -0.337 e. The van der Waals surface area contributed by atoms with E-state index in [1.54, 1.807) is 0 Å². The Morgan fingerprint density at radius 3 is 2.39 bits per heavy atom. The number of likely N-dealkylation sites (tertiary alicyclic amines) is 1. The first-order valence-electron chi connectivity index (χ1n) is 10.9. The zero-order valence-electron chi connectivity index (χ0n) is 17.4. The van der Waals surface area contributed by atoms with E-state index in [0.717, 1.165) is 43.7 Å². The highest BCUT2D eigenvalue weighted by Gasteiger charge is 2.63. The molecule has 1 saturated heterocycles. The van der Waals surface area contributed by atoms with E-state index in [0.29, 0.717) is 5.92 Å². The summed E-state index contributed by atoms with van der Waals surface area (Å²) in [6, 6.07) is 10.4. The average molecular weight is 378 g/mol. The van der Waals surface area contributed by atoms with Crippen LogP contribution in [0.1, 0.15) is 87.0 Å². The van der Waals surface area contributed by atoms with Gasteiger partial charge in [-0.1, -0.05) is 51.8 Å². The summed E-state index contributed by atoms with van der Waals surface area (Å²) in [5.41, 5.74) is 4.55. The quantitative estimate of drug-likeness (QED) is 0.733. The second-order valence-corrected chi connectivity index (χ2v) is 9.71. The number of hydrogen-bond donors (Lipinski definition) is 0. The van der Waals surface area contributed by atoms with Gasteiger partial charge in [0.1, 0.15) is 0 Å². The van der Waals surface area contributed by atoms with Crippen molar-refractivity contribution in [2.75, 3.05) is 13.1 Å². The van der Waals surface area contributed by atoms with E-state index in [9.17, 15) is 4.79 Å². The van der Waals surface area contributed by atoms with E-state index in [4.69, 9.17) is 5.10 Å². The van der Waals surface area contributed by atoms with E-state index < -0.39 is 0 Å². The van der Waals surface area contributed by atoms with Gasteiger partial charge in [-0.25, -0.2) is 4.68 Å². The Hall–Kier alpha value is -2.10. The number of carbonyl (C=O) groups is 1. The topological polar surface area (TPSA) is 38.1 Å². The summed E-state index contributed by atoms with van der Waals surface area (Å²) >= 11 is 0. The number of rotatable bonds is 2. The summed E-state index contributed by atoms with van der Waals surface area (Å²) in [6.45, 7) is 8.91. The zero-order chi connectivity index (χ0) is 19.5. The Labute approximate surface area is 167 Å². The van der Waals surface area contributed by atoms with Crippen molar-refractivity contribution in [1.82, 2.24) is 14.7 Å². The van der Waals surface area contributed by atoms with Crippen LogP contribution in [0.15, 0.2) is 30.3 Å². The van der Waals surface area contributed by atoms with E-state index in [1.807, 2.05) is 6.07 Å². The lowest BCUT2D eigenvalue weighted by Gasteiger charge is -2.35. The van der Waals surface area contributed by atoms with E-state index in [1.165, 1.54) is 30.5 Å². The van der Waals surface area contributed by atoms with Crippen molar-refractivity contribution in [3.8, 4) is 5.69 Å². The van der Waals surface area contributed by atoms with Gasteiger partial charge in [-0.05, 0) is 49.1 Å². The van der Waals surface area contributed by atoms with E-state index in [2.05, 4.69) is 54.6 Å². The Morgan fingerprint density at radius 1 is 1.04 bits per heavy atom. The number of aromatic nitrogens is 2. The lowest BCUT2D eigenvalue weighted by atomic mass is 9.70. The van der Waals surface area contributed by atoms with Gasteiger partial charge >= 0.3 is 0 Å². The van der Waals surface area contributed by atoms with Gasteiger partial charge in [0.05, 0.1) is 11.4 Å². The number of carbonyl (C=O) groups excluding carboxylic acids is 1. The first kappa shape index (κ1) is 18.0. The van der Waals surface area contributed by atoms with Gasteiger partial charge in [-0.2, -0.15) is 5.10 Å². The zero-order valence-corrected chi connectivity index (χ0v) is 17.4. The lowest BCUT2D eigenvalue weighted by molar-refractivity contribution is 0.0752. The van der Waals surface area contributed by atoms with Crippen molar-refractivity contribution in [3.05, 3.63) is 47.3 Å². The van der Waals surface area contributed by atoms with Crippen LogP contribution < -0.4 is 0 Å². The molecule has 0 radical (unpaired) electrons. The third-order valence-corrected chi connectivity index (χ3v) is 8.12. The first-order valence-corrected chi connectivity index (χ1v) is 10.9. The molecule has 1 amide bonds. The molecule has 28 heavy (non-hydrogen) atoms. The number of amides is 1. The Kier molecular flexibility index (Phi) is 3.98. The predicted octanol–water partition coefficient (Wildman–Crippen LogP) is 5.06. The van der Waals surface area contributed by atoms with Crippen LogP contribution in [0.4, 0.5) is 0 Å². The fourth-order valence-corrected chi connectivity index (χ4v) is 6.06. The van der Waals surface area contributed by atoms with Gasteiger partial charge in [0, 0.05) is 24.1 Å². The SMILES string of the molecule is CC1(C)[C@H]2CC[C@]1(C)c1c2c(C(=O)N2CCCCCC2)nn1-c1ccccc1. The number of nitrogens with zero attached hydrogens (tertiary/aromatic N) is 3. The molecule has 2 bridgehead atoms. The smallest absolute Gasteiger partial charge is 0.274 e. The van der Waals surface area contributed by atoms with Crippen molar-refractivity contribution in [2.24, 2.45) is 5.41 Å². The third-order valence-electron chi connectivity index (χ3n) is 8.12. The molecule has 2 aliphatic carbocycles. The third kappa shape index (κ3) is 2.29. The summed E-state index contributed by atoms with van der Waals surface area (Å²) < 4.78 is 2.10. The summed E-state index contributed by atoms with van der Waals surface area (Å²) in [5.74, 6) is 0.579. The molecule has 1 aromatic carbocycles. The molecule has 4 nitrogen and oxygen atoms in total. The highest BCUT2D eigenvalue weighted by Crippen LogP contribution is 2.68. The predicted molar refractivity (Wildman–Crippen MR) is 111 cm³/mol. The minimum atomic E-state index is 0.0627. The Balaban J connectivity index is 1.67. The second-order valence-electron chi connectivity index (χ2n) is 9.71. The Morgan fingerprint density at radius 2 is 1.71 bits per heavy atom. The average Bonchev–Trinajstić information content (AvgIpc) is 3.11. The van der Waals surface area contributed by atoms with Gasteiger partial charge in [-0.15, -0.1) is 0 Å². The molecule has 1 aromatic heterocycles. The molecule has 0 unspecified atom stereocenters. The van der Waals surface area contributed by atoms with Gasteiger partial charge in [0.25, 0.3) is 5.91 Å². The normalized spacial score (nSPS) is 28.2. The molecule has 2 atom stereocenters. The minimum absolute atomic E-state index is 0.0627. The molecule has 3 aliphatic rings. The maximum absolute atomic E-state index is 13.6. The van der Waals surface area contributed by atoms with Gasteiger partial charge in [0.2, 0.25) is 0 Å². The molecule has 2 fully saturated rings. The van der Waals surface area contributed by atoms with Crippen molar-refractivity contribution in [2.45, 2.75) is 70.6 Å². The molecule has 2 heterocycles. The molecular formula is C24H31N3O. The molecular weight excluding hydrogens is 346 g/mol. The van der Waals surface area contributed by atoms with Crippen molar-refractivity contribution < 1.29 is 4.79 Å². The molecule has 5 rings (SSSR count). The van der Waals surface area contributed by atoms with Crippen LogP contribution in [0.2, 0.25) is 0 Å². The van der Waals surface area contributed by atoms with Crippen LogP contribution in [0.3, 0.4) is 0 Å². The highest BCUT2D eigenvalue weighted by atomic mass is 16.2. The number of benzene rings is 1. The van der Waals surface area contributed by atoms with Crippen LogP contribution in [0.5, 0.6) is 0 Å². The van der Waals surface area contributed by atoms with Crippen LogP contribution >= 0.6 is 0 Å². The number of fused-ring (bicyclic) bond motifs is 5. The largest absolute Gasteiger partial charge is 0.337 e. The first-order chi connectivity index (χ1) is 13.4. The van der Waals surface area contributed by atoms with E-state index in [-0.39, 0.29) is 16.7 Å². The standard InChI is InChI=1S/C24H31N3O/c1-23(2)18-13-14-24(23,3)21-19(18)20(22(28)26-15-9-4-5-10-16-26)25-27(21)17-11-7-6-8-12-17/h6-8,11-12,18H,4-5,9-10,13-16H2,1-3H3/t18-,24+/m0/s1. The van der Waals surface area contributed by atoms with Crippen LogP contribution in [-0.4, -0.2) is 33.7 Å². The van der Waals surface area contributed by atoms with Crippen LogP contribution in [0, 0.1) is 5.41 Å². The van der Waals surface area contributed by atoms with Crippen LogP contribution in [-0.2, 0) is 5.41 Å². The molecule has 4 heteroatoms. The van der Waals surface area contributed by atoms with E-state index >= 15 is 0 Å². The molecule has 2 aromatic rings. The molecule has 148 valence electrons.